The number of nitrogens with zero attached hydrogens (tertiary/aromatic N) is 2. The van der Waals surface area contributed by atoms with Crippen molar-refractivity contribution >= 4 is 39.7 Å². The van der Waals surface area contributed by atoms with Gasteiger partial charge in [-0.2, -0.15) is 0 Å². The molecule has 24 heavy (non-hydrogen) atoms. The Labute approximate surface area is 146 Å². The third-order valence-electron chi connectivity index (χ3n) is 3.15. The molecule has 0 spiro atoms. The molecule has 1 N–H and O–H groups in total. The van der Waals surface area contributed by atoms with Gasteiger partial charge < -0.3 is 4.74 Å². The zero-order valence-corrected chi connectivity index (χ0v) is 14.5. The molecule has 3 rings (SSSR count). The highest BCUT2D eigenvalue weighted by Gasteiger charge is 2.18. The fourth-order valence-electron chi connectivity index (χ4n) is 1.98. The van der Waals surface area contributed by atoms with Crippen LogP contribution < -0.4 is 5.32 Å². The fraction of sp³-hybridized carbons (Fsp3) is 0.125. The van der Waals surface area contributed by atoms with Crippen LogP contribution in [0.4, 0.5) is 5.13 Å². The van der Waals surface area contributed by atoms with Crippen LogP contribution in [0.15, 0.2) is 35.7 Å². The van der Waals surface area contributed by atoms with Crippen LogP contribution in [-0.4, -0.2) is 29.0 Å². The minimum atomic E-state index is -0.467. The summed E-state index contributed by atoms with van der Waals surface area (Å²) in [5.74, 6) is -0.830. The van der Waals surface area contributed by atoms with E-state index in [0.717, 1.165) is 21.9 Å². The van der Waals surface area contributed by atoms with Gasteiger partial charge in [0.25, 0.3) is 5.91 Å². The molecule has 8 heteroatoms. The van der Waals surface area contributed by atoms with Gasteiger partial charge in [-0.3, -0.25) is 10.1 Å². The Bertz CT molecular complexity index is 887. The predicted molar refractivity (Wildman–Crippen MR) is 93.7 cm³/mol. The number of anilines is 1. The van der Waals surface area contributed by atoms with Gasteiger partial charge in [0.05, 0.1) is 12.8 Å². The van der Waals surface area contributed by atoms with Gasteiger partial charge in [0.15, 0.2) is 5.13 Å². The van der Waals surface area contributed by atoms with E-state index in [1.54, 1.807) is 12.3 Å². The number of methoxy groups -OCH3 is 1. The summed E-state index contributed by atoms with van der Waals surface area (Å²) in [4.78, 5) is 32.8. The molecule has 0 saturated carbocycles. The van der Waals surface area contributed by atoms with Crippen molar-refractivity contribution < 1.29 is 14.3 Å². The van der Waals surface area contributed by atoms with Crippen molar-refractivity contribution in [2.45, 2.75) is 6.92 Å². The molecule has 0 aliphatic heterocycles. The quantitative estimate of drug-likeness (QED) is 0.720. The standard InChI is InChI=1S/C16H13N3O3S2/c1-9-12(15(21)22-2)24-16(17-9)19-13(20)11-8-23-14(18-11)10-6-4-3-5-7-10/h3-8H,1-2H3,(H,17,19,20). The van der Waals surface area contributed by atoms with Gasteiger partial charge in [-0.15, -0.1) is 11.3 Å². The molecule has 0 aliphatic rings. The van der Waals surface area contributed by atoms with E-state index >= 15 is 0 Å². The van der Waals surface area contributed by atoms with Crippen molar-refractivity contribution in [1.82, 2.24) is 9.97 Å². The number of carbonyl (C=O) groups excluding carboxylic acids is 2. The highest BCUT2D eigenvalue weighted by Crippen LogP contribution is 2.26. The van der Waals surface area contributed by atoms with Crippen molar-refractivity contribution in [3.05, 3.63) is 52.0 Å². The number of aromatic nitrogens is 2. The number of carbonyl (C=O) groups is 2. The van der Waals surface area contributed by atoms with Crippen molar-refractivity contribution in [2.24, 2.45) is 0 Å². The summed E-state index contributed by atoms with van der Waals surface area (Å²) in [5.41, 5.74) is 1.79. The summed E-state index contributed by atoms with van der Waals surface area (Å²) in [6.45, 7) is 1.69. The second kappa shape index (κ2) is 6.90. The summed E-state index contributed by atoms with van der Waals surface area (Å²) in [7, 11) is 1.31. The molecular formula is C16H13N3O3S2. The second-order valence-corrected chi connectivity index (χ2v) is 6.64. The Morgan fingerprint density at radius 3 is 2.62 bits per heavy atom. The Morgan fingerprint density at radius 2 is 1.92 bits per heavy atom. The Hall–Kier alpha value is -2.58. The maximum absolute atomic E-state index is 12.3. The van der Waals surface area contributed by atoms with Crippen LogP contribution in [0, 0.1) is 6.92 Å². The lowest BCUT2D eigenvalue weighted by atomic mass is 10.2. The number of hydrogen-bond donors (Lipinski definition) is 1. The van der Waals surface area contributed by atoms with Gasteiger partial charge in [0.1, 0.15) is 15.6 Å². The highest BCUT2D eigenvalue weighted by molar-refractivity contribution is 7.17. The minimum Gasteiger partial charge on any atom is -0.465 e. The summed E-state index contributed by atoms with van der Waals surface area (Å²) < 4.78 is 4.68. The highest BCUT2D eigenvalue weighted by atomic mass is 32.1. The maximum atomic E-state index is 12.3. The first-order valence-corrected chi connectivity index (χ1v) is 8.66. The molecule has 0 radical (unpaired) electrons. The fourth-order valence-corrected chi connectivity index (χ4v) is 3.67. The third kappa shape index (κ3) is 3.34. The molecule has 0 bridgehead atoms. The first-order valence-electron chi connectivity index (χ1n) is 6.96. The molecule has 6 nitrogen and oxygen atoms in total. The summed E-state index contributed by atoms with van der Waals surface area (Å²) in [6, 6.07) is 9.64. The minimum absolute atomic E-state index is 0.311. The van der Waals surface area contributed by atoms with Gasteiger partial charge in [0.2, 0.25) is 0 Å². The van der Waals surface area contributed by atoms with E-state index < -0.39 is 5.97 Å². The molecule has 0 atom stereocenters. The van der Waals surface area contributed by atoms with Crippen LogP contribution >= 0.6 is 22.7 Å². The lowest BCUT2D eigenvalue weighted by Gasteiger charge is -1.97. The van der Waals surface area contributed by atoms with Crippen LogP contribution in [0.1, 0.15) is 25.9 Å². The van der Waals surface area contributed by atoms with Crippen molar-refractivity contribution in [1.29, 1.82) is 0 Å². The number of rotatable bonds is 4. The zero-order chi connectivity index (χ0) is 17.1. The number of aryl methyl sites for hydroxylation is 1. The van der Waals surface area contributed by atoms with Crippen LogP contribution in [0.2, 0.25) is 0 Å². The number of benzene rings is 1. The number of nitrogens with one attached hydrogen (secondary N) is 1. The molecule has 2 aromatic heterocycles. The van der Waals surface area contributed by atoms with E-state index in [4.69, 9.17) is 0 Å². The van der Waals surface area contributed by atoms with E-state index in [2.05, 4.69) is 20.0 Å². The number of esters is 1. The first-order chi connectivity index (χ1) is 11.6. The number of ether oxygens (including phenoxy) is 1. The van der Waals surface area contributed by atoms with E-state index in [9.17, 15) is 9.59 Å². The molecule has 0 unspecified atom stereocenters. The topological polar surface area (TPSA) is 81.2 Å². The maximum Gasteiger partial charge on any atom is 0.350 e. The largest absolute Gasteiger partial charge is 0.465 e. The summed E-state index contributed by atoms with van der Waals surface area (Å²) in [5, 5.41) is 5.47. The molecule has 2 heterocycles. The van der Waals surface area contributed by atoms with Gasteiger partial charge in [-0.25, -0.2) is 14.8 Å². The van der Waals surface area contributed by atoms with Gasteiger partial charge in [-0.05, 0) is 6.92 Å². The number of thiazole rings is 2. The molecule has 1 aromatic carbocycles. The van der Waals surface area contributed by atoms with Gasteiger partial charge >= 0.3 is 5.97 Å². The lowest BCUT2D eigenvalue weighted by molar-refractivity contribution is 0.0605. The van der Waals surface area contributed by atoms with Crippen LogP contribution in [0.3, 0.4) is 0 Å². The van der Waals surface area contributed by atoms with Crippen molar-refractivity contribution in [2.75, 3.05) is 12.4 Å². The third-order valence-corrected chi connectivity index (χ3v) is 5.09. The molecular weight excluding hydrogens is 346 g/mol. The predicted octanol–water partition coefficient (Wildman–Crippen LogP) is 3.61. The first kappa shape index (κ1) is 16.3. The van der Waals surface area contributed by atoms with Crippen LogP contribution in [-0.2, 0) is 4.74 Å². The molecule has 3 aromatic rings. The van der Waals surface area contributed by atoms with Crippen LogP contribution in [0.25, 0.3) is 10.6 Å². The van der Waals surface area contributed by atoms with E-state index in [1.165, 1.54) is 18.4 Å². The molecule has 0 fully saturated rings. The van der Waals surface area contributed by atoms with Gasteiger partial charge in [-0.1, -0.05) is 41.7 Å². The Balaban J connectivity index is 1.76. The van der Waals surface area contributed by atoms with E-state index in [-0.39, 0.29) is 5.91 Å². The number of hydrogen-bond acceptors (Lipinski definition) is 7. The number of amides is 1. The second-order valence-electron chi connectivity index (χ2n) is 4.78. The Kier molecular flexibility index (Phi) is 4.68. The van der Waals surface area contributed by atoms with Crippen LogP contribution in [0.5, 0.6) is 0 Å². The van der Waals surface area contributed by atoms with E-state index in [1.807, 2.05) is 30.3 Å². The lowest BCUT2D eigenvalue weighted by Crippen LogP contribution is -2.12. The molecule has 0 saturated heterocycles. The SMILES string of the molecule is COC(=O)c1sc(NC(=O)c2csc(-c3ccccc3)n2)nc1C. The average Bonchev–Trinajstić information content (AvgIpc) is 3.22. The average molecular weight is 359 g/mol. The Morgan fingerprint density at radius 1 is 1.17 bits per heavy atom. The van der Waals surface area contributed by atoms with Crippen molar-refractivity contribution in [3.8, 4) is 10.6 Å². The zero-order valence-electron chi connectivity index (χ0n) is 12.9. The van der Waals surface area contributed by atoms with Gasteiger partial charge in [0, 0.05) is 10.9 Å². The normalized spacial score (nSPS) is 10.4. The molecule has 1 amide bonds. The smallest absolute Gasteiger partial charge is 0.350 e. The summed E-state index contributed by atoms with van der Waals surface area (Å²) >= 11 is 2.47. The summed E-state index contributed by atoms with van der Waals surface area (Å²) in [6.07, 6.45) is 0. The van der Waals surface area contributed by atoms with Crippen molar-refractivity contribution in [3.63, 3.8) is 0 Å². The molecule has 122 valence electrons. The van der Waals surface area contributed by atoms with E-state index in [0.29, 0.717) is 21.4 Å². The molecule has 0 aliphatic carbocycles. The monoisotopic (exact) mass is 359 g/mol.